The normalized spacial score (nSPS) is 22.1. The first-order valence-electron chi connectivity index (χ1n) is 4.31. The number of carbonyl (C=O) groups excluding carboxylic acids is 1. The van der Waals surface area contributed by atoms with Crippen molar-refractivity contribution in [1.82, 2.24) is 15.1 Å². The summed E-state index contributed by atoms with van der Waals surface area (Å²) in [6.07, 6.45) is 0. The largest absolute Gasteiger partial charge is 0.331 e. The Morgan fingerprint density at radius 1 is 1.54 bits per heavy atom. The van der Waals surface area contributed by atoms with Crippen molar-refractivity contribution in [2.75, 3.05) is 33.7 Å². The Hall–Kier alpha value is -0.480. The van der Waals surface area contributed by atoms with Crippen LogP contribution in [0.3, 0.4) is 0 Å². The molecule has 1 aliphatic rings. The van der Waals surface area contributed by atoms with Crippen LogP contribution in [0.25, 0.3) is 0 Å². The molecular weight excluding hydrogens is 190 g/mol. The fraction of sp³-hybridized carbons (Fsp3) is 0.875. The van der Waals surface area contributed by atoms with Crippen molar-refractivity contribution in [3.05, 3.63) is 0 Å². The van der Waals surface area contributed by atoms with E-state index in [1.54, 1.807) is 19.0 Å². The highest BCUT2D eigenvalue weighted by Crippen LogP contribution is 2.04. The summed E-state index contributed by atoms with van der Waals surface area (Å²) in [5, 5.41) is 3.25. The summed E-state index contributed by atoms with van der Waals surface area (Å²) >= 11 is 0. The Morgan fingerprint density at radius 2 is 2.15 bits per heavy atom. The quantitative estimate of drug-likeness (QED) is 0.624. The lowest BCUT2D eigenvalue weighted by Gasteiger charge is -2.35. The zero-order valence-corrected chi connectivity index (χ0v) is 9.23. The average Bonchev–Trinajstić information content (AvgIpc) is 2.04. The molecule has 0 aromatic carbocycles. The molecule has 0 aromatic rings. The molecule has 1 unspecified atom stereocenters. The zero-order valence-electron chi connectivity index (χ0n) is 8.41. The lowest BCUT2D eigenvalue weighted by molar-refractivity contribution is 0.141. The van der Waals surface area contributed by atoms with Gasteiger partial charge in [-0.3, -0.25) is 0 Å². The highest BCUT2D eigenvalue weighted by Gasteiger charge is 2.23. The molecule has 0 spiro atoms. The number of hydrogen-bond acceptors (Lipinski definition) is 2. The van der Waals surface area contributed by atoms with E-state index in [1.165, 1.54) is 0 Å². The van der Waals surface area contributed by atoms with Crippen LogP contribution in [0.1, 0.15) is 6.92 Å². The van der Waals surface area contributed by atoms with Gasteiger partial charge in [0.2, 0.25) is 0 Å². The van der Waals surface area contributed by atoms with Crippen LogP contribution in [0, 0.1) is 0 Å². The molecule has 1 atom stereocenters. The average molecular weight is 208 g/mol. The van der Waals surface area contributed by atoms with E-state index in [0.29, 0.717) is 6.04 Å². The van der Waals surface area contributed by atoms with Crippen LogP contribution in [0.2, 0.25) is 0 Å². The fourth-order valence-electron chi connectivity index (χ4n) is 1.38. The number of nitrogens with zero attached hydrogens (tertiary/aromatic N) is 2. The number of nitrogens with one attached hydrogen (secondary N) is 1. The molecule has 0 aliphatic carbocycles. The SMILES string of the molecule is CC1CNCCN1C(=O)N(C)C.Cl. The summed E-state index contributed by atoms with van der Waals surface area (Å²) in [5.41, 5.74) is 0. The number of carbonyl (C=O) groups is 1. The first-order chi connectivity index (χ1) is 5.63. The second-order valence-corrected chi connectivity index (χ2v) is 3.42. The Labute approximate surface area is 85.7 Å². The first kappa shape index (κ1) is 12.5. The lowest BCUT2D eigenvalue weighted by atomic mass is 10.2. The van der Waals surface area contributed by atoms with E-state index < -0.39 is 0 Å². The maximum atomic E-state index is 11.5. The summed E-state index contributed by atoms with van der Waals surface area (Å²) in [6, 6.07) is 0.428. The van der Waals surface area contributed by atoms with Crippen molar-refractivity contribution in [2.45, 2.75) is 13.0 Å². The number of piperazine rings is 1. The third-order valence-electron chi connectivity index (χ3n) is 2.13. The van der Waals surface area contributed by atoms with Gasteiger partial charge in [-0.2, -0.15) is 0 Å². The van der Waals surface area contributed by atoms with E-state index in [-0.39, 0.29) is 18.4 Å². The van der Waals surface area contributed by atoms with Gasteiger partial charge in [-0.1, -0.05) is 0 Å². The van der Waals surface area contributed by atoms with Crippen molar-refractivity contribution in [2.24, 2.45) is 0 Å². The monoisotopic (exact) mass is 207 g/mol. The second kappa shape index (κ2) is 5.29. The number of rotatable bonds is 0. The topological polar surface area (TPSA) is 35.6 Å². The van der Waals surface area contributed by atoms with Crippen LogP contribution in [-0.4, -0.2) is 55.6 Å². The van der Waals surface area contributed by atoms with Crippen LogP contribution >= 0.6 is 12.4 Å². The summed E-state index contributed by atoms with van der Waals surface area (Å²) in [4.78, 5) is 15.1. The van der Waals surface area contributed by atoms with Crippen LogP contribution in [0.4, 0.5) is 4.79 Å². The number of amides is 2. The molecule has 5 heteroatoms. The minimum absolute atomic E-state index is 0. The van der Waals surface area contributed by atoms with Gasteiger partial charge < -0.3 is 15.1 Å². The number of urea groups is 1. The second-order valence-electron chi connectivity index (χ2n) is 3.42. The molecule has 0 aromatic heterocycles. The number of hydrogen-bond donors (Lipinski definition) is 1. The molecule has 0 saturated carbocycles. The molecule has 0 bridgehead atoms. The summed E-state index contributed by atoms with van der Waals surface area (Å²) in [7, 11) is 3.58. The maximum absolute atomic E-state index is 11.5. The molecule has 78 valence electrons. The van der Waals surface area contributed by atoms with Gasteiger partial charge in [0.1, 0.15) is 0 Å². The fourth-order valence-corrected chi connectivity index (χ4v) is 1.38. The van der Waals surface area contributed by atoms with Gasteiger partial charge >= 0.3 is 6.03 Å². The van der Waals surface area contributed by atoms with Gasteiger partial charge in [-0.25, -0.2) is 4.79 Å². The molecule has 13 heavy (non-hydrogen) atoms. The van der Waals surface area contributed by atoms with E-state index >= 15 is 0 Å². The highest BCUT2D eigenvalue weighted by molar-refractivity contribution is 5.85. The predicted octanol–water partition coefficient (Wildman–Crippen LogP) is 0.384. The van der Waals surface area contributed by atoms with Gasteiger partial charge in [0, 0.05) is 39.8 Å². The van der Waals surface area contributed by atoms with E-state index in [4.69, 9.17) is 0 Å². The van der Waals surface area contributed by atoms with E-state index in [2.05, 4.69) is 12.2 Å². The highest BCUT2D eigenvalue weighted by atomic mass is 35.5. The van der Waals surface area contributed by atoms with Gasteiger partial charge in [-0.15, -0.1) is 12.4 Å². The van der Waals surface area contributed by atoms with Crippen LogP contribution in [-0.2, 0) is 0 Å². The molecule has 0 radical (unpaired) electrons. The summed E-state index contributed by atoms with van der Waals surface area (Å²) in [6.45, 7) is 4.69. The molecule has 1 N–H and O–H groups in total. The van der Waals surface area contributed by atoms with Gasteiger partial charge in [0.15, 0.2) is 0 Å². The van der Waals surface area contributed by atoms with E-state index in [9.17, 15) is 4.79 Å². The molecule has 4 nitrogen and oxygen atoms in total. The van der Waals surface area contributed by atoms with Crippen LogP contribution in [0.15, 0.2) is 0 Å². The van der Waals surface area contributed by atoms with Crippen molar-refractivity contribution >= 4 is 18.4 Å². The molecule has 1 fully saturated rings. The Kier molecular flexibility index (Phi) is 5.10. The third kappa shape index (κ3) is 3.04. The molecule has 1 saturated heterocycles. The maximum Gasteiger partial charge on any atom is 0.319 e. The van der Waals surface area contributed by atoms with Gasteiger partial charge in [-0.05, 0) is 6.92 Å². The molecular formula is C8H18ClN3O. The lowest BCUT2D eigenvalue weighted by Crippen LogP contribution is -2.54. The molecule has 1 heterocycles. The van der Waals surface area contributed by atoms with Gasteiger partial charge in [0.05, 0.1) is 0 Å². The predicted molar refractivity (Wildman–Crippen MR) is 55.4 cm³/mol. The van der Waals surface area contributed by atoms with Crippen molar-refractivity contribution in [3.63, 3.8) is 0 Å². The van der Waals surface area contributed by atoms with Crippen molar-refractivity contribution < 1.29 is 4.79 Å². The van der Waals surface area contributed by atoms with Crippen LogP contribution < -0.4 is 5.32 Å². The summed E-state index contributed by atoms with van der Waals surface area (Å²) < 4.78 is 0. The van der Waals surface area contributed by atoms with Crippen LogP contribution in [0.5, 0.6) is 0 Å². The smallest absolute Gasteiger partial charge is 0.319 e. The summed E-state index contributed by atoms with van der Waals surface area (Å²) in [5.74, 6) is 0. The molecule has 1 rings (SSSR count). The third-order valence-corrected chi connectivity index (χ3v) is 2.13. The molecule has 1 aliphatic heterocycles. The minimum atomic E-state index is 0. The van der Waals surface area contributed by atoms with E-state index in [1.807, 2.05) is 4.90 Å². The zero-order chi connectivity index (χ0) is 9.14. The van der Waals surface area contributed by atoms with Gasteiger partial charge in [0.25, 0.3) is 0 Å². The Morgan fingerprint density at radius 3 is 2.62 bits per heavy atom. The number of halogens is 1. The van der Waals surface area contributed by atoms with Crippen molar-refractivity contribution in [1.29, 1.82) is 0 Å². The molecule has 2 amide bonds. The Balaban J connectivity index is 0.00000144. The Bertz CT molecular complexity index is 175. The van der Waals surface area contributed by atoms with Crippen molar-refractivity contribution in [3.8, 4) is 0 Å². The first-order valence-corrected chi connectivity index (χ1v) is 4.31. The minimum Gasteiger partial charge on any atom is -0.331 e. The standard InChI is InChI=1S/C8H17N3O.ClH/c1-7-6-9-4-5-11(7)8(12)10(2)3;/h7,9H,4-6H2,1-3H3;1H. The van der Waals surface area contributed by atoms with E-state index in [0.717, 1.165) is 19.6 Å².